The second kappa shape index (κ2) is 6.33. The molecule has 2 aromatic heterocycles. The van der Waals surface area contributed by atoms with Crippen molar-refractivity contribution in [3.05, 3.63) is 30.1 Å². The molecule has 102 valence electrons. The Bertz CT molecular complexity index is 520. The zero-order chi connectivity index (χ0) is 13.7. The molecule has 0 saturated heterocycles. The van der Waals surface area contributed by atoms with Gasteiger partial charge < -0.3 is 15.6 Å². The van der Waals surface area contributed by atoms with Gasteiger partial charge in [-0.25, -0.2) is 4.98 Å². The van der Waals surface area contributed by atoms with E-state index in [0.717, 1.165) is 24.1 Å². The highest BCUT2D eigenvalue weighted by molar-refractivity contribution is 5.69. The van der Waals surface area contributed by atoms with Crippen LogP contribution < -0.4 is 11.1 Å². The van der Waals surface area contributed by atoms with E-state index < -0.39 is 0 Å². The van der Waals surface area contributed by atoms with Crippen molar-refractivity contribution in [1.82, 2.24) is 15.5 Å². The van der Waals surface area contributed by atoms with E-state index in [0.29, 0.717) is 24.2 Å². The molecular weight excluding hydrogens is 240 g/mol. The molecule has 0 aliphatic rings. The third-order valence-corrected chi connectivity index (χ3v) is 3.22. The summed E-state index contributed by atoms with van der Waals surface area (Å²) >= 11 is 0. The summed E-state index contributed by atoms with van der Waals surface area (Å²) in [5, 5.41) is 7.50. The van der Waals surface area contributed by atoms with Gasteiger partial charge in [0.2, 0.25) is 0 Å². The molecule has 0 unspecified atom stereocenters. The molecule has 2 aromatic rings. The van der Waals surface area contributed by atoms with Crippen molar-refractivity contribution in [1.29, 1.82) is 0 Å². The van der Waals surface area contributed by atoms with Gasteiger partial charge in [-0.05, 0) is 25.0 Å². The summed E-state index contributed by atoms with van der Waals surface area (Å²) in [7, 11) is 0. The van der Waals surface area contributed by atoms with E-state index in [1.165, 1.54) is 0 Å². The highest BCUT2D eigenvalue weighted by Gasteiger charge is 2.11. The third kappa shape index (κ3) is 3.32. The van der Waals surface area contributed by atoms with Gasteiger partial charge in [-0.3, -0.25) is 0 Å². The first-order chi connectivity index (χ1) is 9.24. The van der Waals surface area contributed by atoms with Crippen LogP contribution in [0.25, 0.3) is 11.3 Å². The van der Waals surface area contributed by atoms with Crippen LogP contribution in [0.5, 0.6) is 0 Å². The number of nitrogens with two attached hydrogens (primary N) is 1. The number of nitrogen functional groups attached to an aromatic ring is 1. The number of pyridine rings is 1. The van der Waals surface area contributed by atoms with Crippen LogP contribution in [0.15, 0.2) is 28.9 Å². The van der Waals surface area contributed by atoms with Crippen LogP contribution in [0.2, 0.25) is 0 Å². The molecule has 5 nitrogen and oxygen atoms in total. The highest BCUT2D eigenvalue weighted by atomic mass is 16.5. The van der Waals surface area contributed by atoms with Crippen molar-refractivity contribution < 1.29 is 4.52 Å². The summed E-state index contributed by atoms with van der Waals surface area (Å²) < 4.78 is 5.32. The van der Waals surface area contributed by atoms with Crippen molar-refractivity contribution in [3.8, 4) is 11.3 Å². The van der Waals surface area contributed by atoms with Crippen LogP contribution in [0.4, 0.5) is 5.82 Å². The van der Waals surface area contributed by atoms with Gasteiger partial charge in [-0.15, -0.1) is 0 Å². The molecule has 0 aliphatic carbocycles. The predicted molar refractivity (Wildman–Crippen MR) is 75.4 cm³/mol. The minimum Gasteiger partial charge on any atom is -0.383 e. The van der Waals surface area contributed by atoms with Gasteiger partial charge in [0.15, 0.2) is 5.76 Å². The second-order valence-corrected chi connectivity index (χ2v) is 4.51. The first kappa shape index (κ1) is 13.5. The maximum Gasteiger partial charge on any atom is 0.170 e. The first-order valence-corrected chi connectivity index (χ1v) is 6.64. The summed E-state index contributed by atoms with van der Waals surface area (Å²) in [6.45, 7) is 5.05. The molecule has 3 N–H and O–H groups in total. The van der Waals surface area contributed by atoms with Gasteiger partial charge in [-0.2, -0.15) is 0 Å². The van der Waals surface area contributed by atoms with Crippen LogP contribution in [0.1, 0.15) is 32.4 Å². The van der Waals surface area contributed by atoms with Crippen molar-refractivity contribution in [2.45, 2.75) is 39.3 Å². The normalized spacial score (nSPS) is 11.1. The topological polar surface area (TPSA) is 77.0 Å². The van der Waals surface area contributed by atoms with Crippen LogP contribution in [-0.2, 0) is 6.54 Å². The molecule has 0 amide bonds. The standard InChI is InChI=1S/C14H20N4O/c1-3-10(4-2)17-9-11-8-13(19-18-11)12-6-5-7-16-14(12)15/h5-8,10,17H,3-4,9H2,1-2H3,(H2,15,16). The monoisotopic (exact) mass is 260 g/mol. The predicted octanol–water partition coefficient (Wildman–Crippen LogP) is 2.60. The number of nitrogens with zero attached hydrogens (tertiary/aromatic N) is 2. The molecule has 5 heteroatoms. The van der Waals surface area contributed by atoms with E-state index in [1.807, 2.05) is 18.2 Å². The molecule has 2 rings (SSSR count). The van der Waals surface area contributed by atoms with E-state index in [2.05, 4.69) is 29.3 Å². The van der Waals surface area contributed by atoms with Gasteiger partial charge in [0, 0.05) is 24.8 Å². The first-order valence-electron chi connectivity index (χ1n) is 6.64. The average Bonchev–Trinajstić information content (AvgIpc) is 2.89. The number of aromatic nitrogens is 2. The molecule has 0 saturated carbocycles. The summed E-state index contributed by atoms with van der Waals surface area (Å²) in [5.74, 6) is 1.12. The van der Waals surface area contributed by atoms with Gasteiger partial charge in [-0.1, -0.05) is 19.0 Å². The Morgan fingerprint density at radius 1 is 1.37 bits per heavy atom. The van der Waals surface area contributed by atoms with Crippen molar-refractivity contribution in [2.24, 2.45) is 0 Å². The number of nitrogens with one attached hydrogen (secondary N) is 1. The van der Waals surface area contributed by atoms with Gasteiger partial charge >= 0.3 is 0 Å². The molecule has 19 heavy (non-hydrogen) atoms. The summed E-state index contributed by atoms with van der Waals surface area (Å²) in [6, 6.07) is 6.13. The lowest BCUT2D eigenvalue weighted by molar-refractivity contribution is 0.411. The van der Waals surface area contributed by atoms with Crippen LogP contribution in [0, 0.1) is 0 Å². The lowest BCUT2D eigenvalue weighted by atomic mass is 10.1. The Morgan fingerprint density at radius 2 is 2.16 bits per heavy atom. The van der Waals surface area contributed by atoms with Crippen molar-refractivity contribution in [2.75, 3.05) is 5.73 Å². The zero-order valence-electron chi connectivity index (χ0n) is 11.4. The van der Waals surface area contributed by atoms with Gasteiger partial charge in [0.1, 0.15) is 5.82 Å². The third-order valence-electron chi connectivity index (χ3n) is 3.22. The minimum atomic E-state index is 0.457. The average molecular weight is 260 g/mol. The van der Waals surface area contributed by atoms with Crippen molar-refractivity contribution >= 4 is 5.82 Å². The maximum absolute atomic E-state index is 5.81. The Labute approximate surface area is 113 Å². The summed E-state index contributed by atoms with van der Waals surface area (Å²) in [6.07, 6.45) is 3.87. The van der Waals surface area contributed by atoms with Crippen LogP contribution >= 0.6 is 0 Å². The Morgan fingerprint density at radius 3 is 2.84 bits per heavy atom. The Kier molecular flexibility index (Phi) is 4.52. The fourth-order valence-corrected chi connectivity index (χ4v) is 1.97. The van der Waals surface area contributed by atoms with Gasteiger partial charge in [0.05, 0.1) is 11.3 Å². The Balaban J connectivity index is 2.05. The van der Waals surface area contributed by atoms with E-state index in [1.54, 1.807) is 6.20 Å². The van der Waals surface area contributed by atoms with E-state index in [9.17, 15) is 0 Å². The molecule has 0 aromatic carbocycles. The molecule has 0 fully saturated rings. The summed E-state index contributed by atoms with van der Waals surface area (Å²) in [4.78, 5) is 4.04. The Hall–Kier alpha value is -1.88. The largest absolute Gasteiger partial charge is 0.383 e. The number of rotatable bonds is 6. The van der Waals surface area contributed by atoms with Crippen LogP contribution in [0.3, 0.4) is 0 Å². The maximum atomic E-state index is 5.81. The molecule has 0 atom stereocenters. The molecule has 0 bridgehead atoms. The second-order valence-electron chi connectivity index (χ2n) is 4.51. The SMILES string of the molecule is CCC(CC)NCc1cc(-c2cccnc2N)on1. The zero-order valence-corrected chi connectivity index (χ0v) is 11.4. The fourth-order valence-electron chi connectivity index (χ4n) is 1.97. The number of hydrogen-bond donors (Lipinski definition) is 2. The molecule has 2 heterocycles. The molecule has 0 aliphatic heterocycles. The van der Waals surface area contributed by atoms with Gasteiger partial charge in [0.25, 0.3) is 0 Å². The smallest absolute Gasteiger partial charge is 0.170 e. The molecule has 0 spiro atoms. The minimum absolute atomic E-state index is 0.457. The molecular formula is C14H20N4O. The number of hydrogen-bond acceptors (Lipinski definition) is 5. The van der Waals surface area contributed by atoms with E-state index >= 15 is 0 Å². The van der Waals surface area contributed by atoms with E-state index in [4.69, 9.17) is 10.3 Å². The fraction of sp³-hybridized carbons (Fsp3) is 0.429. The lowest BCUT2D eigenvalue weighted by Gasteiger charge is -2.12. The number of anilines is 1. The lowest BCUT2D eigenvalue weighted by Crippen LogP contribution is -2.27. The molecule has 0 radical (unpaired) electrons. The quantitative estimate of drug-likeness (QED) is 0.834. The van der Waals surface area contributed by atoms with Crippen LogP contribution in [-0.4, -0.2) is 16.2 Å². The highest BCUT2D eigenvalue weighted by Crippen LogP contribution is 2.24. The summed E-state index contributed by atoms with van der Waals surface area (Å²) in [5.41, 5.74) is 7.47. The van der Waals surface area contributed by atoms with Crippen molar-refractivity contribution in [3.63, 3.8) is 0 Å². The van der Waals surface area contributed by atoms with E-state index in [-0.39, 0.29) is 0 Å².